The van der Waals surface area contributed by atoms with Crippen LogP contribution < -0.4 is 9.96 Å². The Morgan fingerprint density at radius 1 is 0.903 bits per heavy atom. The van der Waals surface area contributed by atoms with Crippen LogP contribution in [0.1, 0.15) is 18.5 Å². The highest BCUT2D eigenvalue weighted by Crippen LogP contribution is 2.56. The van der Waals surface area contributed by atoms with Crippen LogP contribution in [0.5, 0.6) is 5.75 Å². The lowest BCUT2D eigenvalue weighted by Gasteiger charge is -2.33. The number of hydrogen-bond acceptors (Lipinski definition) is 5. The van der Waals surface area contributed by atoms with E-state index in [1.165, 1.54) is 4.90 Å². The lowest BCUT2D eigenvalue weighted by atomic mass is 9.76. The Morgan fingerprint density at radius 3 is 2.23 bits per heavy atom. The first kappa shape index (κ1) is 19.8. The smallest absolute Gasteiger partial charge is 0.266 e. The van der Waals surface area contributed by atoms with Crippen molar-refractivity contribution in [2.45, 2.75) is 19.1 Å². The number of imide groups is 1. The molecule has 31 heavy (non-hydrogen) atoms. The van der Waals surface area contributed by atoms with Crippen LogP contribution in [0.4, 0.5) is 11.4 Å². The number of carbonyl (C=O) groups excluding carboxylic acids is 2. The number of phenols is 1. The average Bonchev–Trinajstić information content (AvgIpc) is 3.19. The van der Waals surface area contributed by atoms with E-state index < -0.39 is 23.5 Å². The second-order valence-electron chi connectivity index (χ2n) is 7.85. The first-order valence-electron chi connectivity index (χ1n) is 9.86. The van der Waals surface area contributed by atoms with E-state index in [0.29, 0.717) is 16.9 Å². The molecule has 3 atom stereocenters. The number of anilines is 2. The second-order valence-corrected chi connectivity index (χ2v) is 8.76. The standard InChI is InChI=1S/C24H19BrN2O4/c1-24-20(18-9-5-6-10-19(18)28)27(17-7-3-2-4-8-17)31-21(24)22(29)26(23(24)30)16-13-11-15(25)12-14-16/h2-14,20-21,28H,1H3/t20-,21+,24-/m1/s1. The zero-order valence-corrected chi connectivity index (χ0v) is 18.2. The maximum Gasteiger partial charge on any atom is 0.266 e. The quantitative estimate of drug-likeness (QED) is 0.557. The third kappa shape index (κ3) is 2.88. The van der Waals surface area contributed by atoms with Gasteiger partial charge < -0.3 is 5.11 Å². The summed E-state index contributed by atoms with van der Waals surface area (Å²) in [6.07, 6.45) is -1.02. The van der Waals surface area contributed by atoms with Crippen molar-refractivity contribution in [2.24, 2.45) is 5.41 Å². The molecular formula is C24H19BrN2O4. The summed E-state index contributed by atoms with van der Waals surface area (Å²) < 4.78 is 0.848. The minimum Gasteiger partial charge on any atom is -0.508 e. The molecule has 2 aliphatic rings. The molecule has 0 aromatic heterocycles. The minimum atomic E-state index is -1.24. The number of rotatable bonds is 3. The Bertz CT molecular complexity index is 1170. The third-order valence-electron chi connectivity index (χ3n) is 6.00. The molecule has 5 rings (SSSR count). The van der Waals surface area contributed by atoms with Crippen molar-refractivity contribution < 1.29 is 19.5 Å². The number of amides is 2. The van der Waals surface area contributed by atoms with Gasteiger partial charge in [-0.25, -0.2) is 9.96 Å². The van der Waals surface area contributed by atoms with Crippen molar-refractivity contribution in [1.29, 1.82) is 0 Å². The minimum absolute atomic E-state index is 0.0428. The van der Waals surface area contributed by atoms with Crippen LogP contribution in [-0.2, 0) is 14.4 Å². The fraction of sp³-hybridized carbons (Fsp3) is 0.167. The molecule has 0 unspecified atom stereocenters. The molecule has 2 heterocycles. The number of carbonyl (C=O) groups is 2. The predicted octanol–water partition coefficient (Wildman–Crippen LogP) is 4.60. The van der Waals surface area contributed by atoms with Gasteiger partial charge in [-0.05, 0) is 49.4 Å². The monoisotopic (exact) mass is 478 g/mol. The normalized spacial score (nSPS) is 25.2. The van der Waals surface area contributed by atoms with Crippen molar-refractivity contribution >= 4 is 39.1 Å². The third-order valence-corrected chi connectivity index (χ3v) is 6.53. The van der Waals surface area contributed by atoms with E-state index in [1.54, 1.807) is 60.5 Å². The van der Waals surface area contributed by atoms with Crippen LogP contribution in [0, 0.1) is 5.41 Å². The van der Waals surface area contributed by atoms with E-state index in [2.05, 4.69) is 15.9 Å². The number of benzene rings is 3. The molecule has 0 spiro atoms. The zero-order chi connectivity index (χ0) is 21.8. The molecule has 1 N–H and O–H groups in total. The number of aromatic hydroxyl groups is 1. The highest BCUT2D eigenvalue weighted by atomic mass is 79.9. The van der Waals surface area contributed by atoms with E-state index in [4.69, 9.17) is 4.84 Å². The van der Waals surface area contributed by atoms with Gasteiger partial charge in [-0.1, -0.05) is 52.3 Å². The van der Waals surface area contributed by atoms with Gasteiger partial charge in [-0.3, -0.25) is 14.4 Å². The number of para-hydroxylation sites is 2. The largest absolute Gasteiger partial charge is 0.508 e. The maximum absolute atomic E-state index is 13.8. The Balaban J connectivity index is 1.66. The molecular weight excluding hydrogens is 460 g/mol. The summed E-state index contributed by atoms with van der Waals surface area (Å²) >= 11 is 3.38. The summed E-state index contributed by atoms with van der Waals surface area (Å²) in [6.45, 7) is 1.73. The summed E-state index contributed by atoms with van der Waals surface area (Å²) in [6, 6.07) is 22.4. The zero-order valence-electron chi connectivity index (χ0n) is 16.6. The number of nitrogens with zero attached hydrogens (tertiary/aromatic N) is 2. The van der Waals surface area contributed by atoms with Crippen LogP contribution in [0.15, 0.2) is 83.3 Å². The Hall–Kier alpha value is -3.16. The fourth-order valence-corrected chi connectivity index (χ4v) is 4.71. The lowest BCUT2D eigenvalue weighted by molar-refractivity contribution is -0.128. The van der Waals surface area contributed by atoms with E-state index in [0.717, 1.165) is 4.47 Å². The first-order valence-corrected chi connectivity index (χ1v) is 10.6. The molecule has 6 nitrogen and oxygen atoms in total. The van der Waals surface area contributed by atoms with Crippen molar-refractivity contribution in [3.63, 3.8) is 0 Å². The number of hydroxylamine groups is 1. The van der Waals surface area contributed by atoms with Crippen molar-refractivity contribution in [1.82, 2.24) is 0 Å². The van der Waals surface area contributed by atoms with Crippen LogP contribution in [-0.4, -0.2) is 23.0 Å². The van der Waals surface area contributed by atoms with Gasteiger partial charge in [0, 0.05) is 10.0 Å². The van der Waals surface area contributed by atoms with Crippen LogP contribution in [0.3, 0.4) is 0 Å². The highest BCUT2D eigenvalue weighted by Gasteiger charge is 2.69. The van der Waals surface area contributed by atoms with E-state index in [-0.39, 0.29) is 11.7 Å². The van der Waals surface area contributed by atoms with Gasteiger partial charge in [0.2, 0.25) is 5.91 Å². The van der Waals surface area contributed by atoms with Gasteiger partial charge in [0.25, 0.3) is 5.91 Å². The second kappa shape index (κ2) is 7.21. The summed E-state index contributed by atoms with van der Waals surface area (Å²) in [5, 5.41) is 12.2. The van der Waals surface area contributed by atoms with Crippen molar-refractivity contribution in [2.75, 3.05) is 9.96 Å². The van der Waals surface area contributed by atoms with Gasteiger partial charge in [0.1, 0.15) is 17.2 Å². The highest BCUT2D eigenvalue weighted by molar-refractivity contribution is 9.10. The van der Waals surface area contributed by atoms with Crippen LogP contribution in [0.25, 0.3) is 0 Å². The SMILES string of the molecule is C[C@]12C(=O)N(c3ccc(Br)cc3)C(=O)[C@@H]1ON(c1ccccc1)[C@@H]2c1ccccc1O. The molecule has 7 heteroatoms. The van der Waals surface area contributed by atoms with Gasteiger partial charge in [-0.15, -0.1) is 0 Å². The molecule has 0 aliphatic carbocycles. The molecule has 2 saturated heterocycles. The van der Waals surface area contributed by atoms with Gasteiger partial charge in [-0.2, -0.15) is 0 Å². The molecule has 2 fully saturated rings. The number of halogens is 1. The Kier molecular flexibility index (Phi) is 4.60. The van der Waals surface area contributed by atoms with E-state index in [9.17, 15) is 14.7 Å². The summed E-state index contributed by atoms with van der Waals surface area (Å²) in [7, 11) is 0. The fourth-order valence-electron chi connectivity index (χ4n) is 4.45. The van der Waals surface area contributed by atoms with Crippen LogP contribution in [0.2, 0.25) is 0 Å². The summed E-state index contributed by atoms with van der Waals surface area (Å²) in [5.74, 6) is -0.744. The van der Waals surface area contributed by atoms with Crippen molar-refractivity contribution in [3.8, 4) is 5.75 Å². The van der Waals surface area contributed by atoms with Gasteiger partial charge >= 0.3 is 0 Å². The van der Waals surface area contributed by atoms with E-state index in [1.807, 2.05) is 30.3 Å². The summed E-state index contributed by atoms with van der Waals surface area (Å²) in [5.41, 5.74) is 0.468. The number of phenolic OH excluding ortho intramolecular Hbond substituents is 1. The molecule has 156 valence electrons. The molecule has 3 aromatic carbocycles. The van der Waals surface area contributed by atoms with E-state index >= 15 is 0 Å². The maximum atomic E-state index is 13.8. The molecule has 2 aliphatic heterocycles. The van der Waals surface area contributed by atoms with Crippen LogP contribution >= 0.6 is 15.9 Å². The molecule has 0 radical (unpaired) electrons. The van der Waals surface area contributed by atoms with Gasteiger partial charge in [0.05, 0.1) is 11.4 Å². The average molecular weight is 479 g/mol. The first-order chi connectivity index (χ1) is 14.9. The molecule has 2 amide bonds. The Labute approximate surface area is 187 Å². The molecule has 0 bridgehead atoms. The van der Waals surface area contributed by atoms with Crippen molar-refractivity contribution in [3.05, 3.63) is 88.9 Å². The Morgan fingerprint density at radius 2 is 1.55 bits per heavy atom. The summed E-state index contributed by atoms with van der Waals surface area (Å²) in [4.78, 5) is 34.5. The lowest BCUT2D eigenvalue weighted by Crippen LogP contribution is -2.41. The topological polar surface area (TPSA) is 70.1 Å². The molecule has 0 saturated carbocycles. The predicted molar refractivity (Wildman–Crippen MR) is 119 cm³/mol. The molecule has 3 aromatic rings. The number of fused-ring (bicyclic) bond motifs is 1. The number of hydrogen-bond donors (Lipinski definition) is 1. The van der Waals surface area contributed by atoms with Gasteiger partial charge in [0.15, 0.2) is 6.10 Å².